The van der Waals surface area contributed by atoms with Gasteiger partial charge in [-0.2, -0.15) is 0 Å². The molecule has 0 saturated carbocycles. The van der Waals surface area contributed by atoms with Crippen molar-refractivity contribution in [1.82, 2.24) is 20.2 Å². The number of rotatable bonds is 4. The van der Waals surface area contributed by atoms with Crippen molar-refractivity contribution in [3.63, 3.8) is 0 Å². The lowest BCUT2D eigenvalue weighted by Gasteiger charge is -2.25. The van der Waals surface area contributed by atoms with Gasteiger partial charge in [0.1, 0.15) is 5.56 Å². The molecular weight excluding hydrogens is 308 g/mol. The van der Waals surface area contributed by atoms with Crippen LogP contribution in [-0.2, 0) is 4.79 Å². The van der Waals surface area contributed by atoms with Gasteiger partial charge in [0.05, 0.1) is 19.2 Å². The maximum Gasteiger partial charge on any atom is 0.257 e. The highest BCUT2D eigenvalue weighted by Crippen LogP contribution is 2.31. The number of ether oxygens (including phenoxy) is 1. The maximum absolute atomic E-state index is 12.6. The summed E-state index contributed by atoms with van der Waals surface area (Å²) in [4.78, 5) is 34.5. The van der Waals surface area contributed by atoms with E-state index in [1.807, 2.05) is 12.1 Å². The van der Waals surface area contributed by atoms with E-state index in [0.29, 0.717) is 5.56 Å². The summed E-state index contributed by atoms with van der Waals surface area (Å²) in [6, 6.07) is 6.43. The van der Waals surface area contributed by atoms with E-state index in [1.165, 1.54) is 7.11 Å². The third kappa shape index (κ3) is 2.92. The maximum atomic E-state index is 12.6. The third-order valence-corrected chi connectivity index (χ3v) is 4.14. The van der Waals surface area contributed by atoms with Crippen molar-refractivity contribution >= 4 is 11.8 Å². The number of likely N-dealkylation sites (N-methyl/N-ethyl adjacent to an activating group) is 1. The Morgan fingerprint density at radius 1 is 1.33 bits per heavy atom. The van der Waals surface area contributed by atoms with Crippen LogP contribution in [0.15, 0.2) is 42.9 Å². The first-order chi connectivity index (χ1) is 11.6. The monoisotopic (exact) mass is 326 g/mol. The Bertz CT molecular complexity index is 751. The zero-order chi connectivity index (χ0) is 17.1. The van der Waals surface area contributed by atoms with E-state index in [-0.39, 0.29) is 36.2 Å². The molecule has 3 rings (SSSR count). The molecule has 2 atom stereocenters. The molecule has 0 aliphatic carbocycles. The first kappa shape index (κ1) is 15.9. The van der Waals surface area contributed by atoms with Crippen LogP contribution in [0.1, 0.15) is 28.4 Å². The van der Waals surface area contributed by atoms with Crippen LogP contribution in [0.5, 0.6) is 5.88 Å². The van der Waals surface area contributed by atoms with E-state index in [1.54, 1.807) is 42.7 Å². The molecule has 1 saturated heterocycles. The number of carbonyl (C=O) groups excluding carboxylic acids is 2. The van der Waals surface area contributed by atoms with Crippen LogP contribution < -0.4 is 10.1 Å². The molecule has 0 bridgehead atoms. The molecule has 7 heteroatoms. The predicted molar refractivity (Wildman–Crippen MR) is 86.4 cm³/mol. The van der Waals surface area contributed by atoms with Crippen LogP contribution in [0.25, 0.3) is 0 Å². The Morgan fingerprint density at radius 2 is 2.12 bits per heavy atom. The topological polar surface area (TPSA) is 84.4 Å². The number of methoxy groups -OCH3 is 1. The van der Waals surface area contributed by atoms with Crippen molar-refractivity contribution in [2.45, 2.75) is 18.5 Å². The van der Waals surface area contributed by atoms with Crippen LogP contribution in [-0.4, -0.2) is 46.9 Å². The fourth-order valence-electron chi connectivity index (χ4n) is 2.98. The summed E-state index contributed by atoms with van der Waals surface area (Å²) in [5.41, 5.74) is 1.22. The normalized spacial score (nSPS) is 20.1. The summed E-state index contributed by atoms with van der Waals surface area (Å²) in [7, 11) is 3.20. The van der Waals surface area contributed by atoms with Crippen molar-refractivity contribution in [2.75, 3.05) is 14.2 Å². The second-order valence-electron chi connectivity index (χ2n) is 5.58. The number of aromatic nitrogens is 2. The first-order valence-corrected chi connectivity index (χ1v) is 7.57. The van der Waals surface area contributed by atoms with Crippen molar-refractivity contribution in [3.05, 3.63) is 54.0 Å². The zero-order valence-electron chi connectivity index (χ0n) is 13.5. The van der Waals surface area contributed by atoms with Gasteiger partial charge in [-0.1, -0.05) is 6.07 Å². The summed E-state index contributed by atoms with van der Waals surface area (Å²) in [5, 5.41) is 2.93. The Morgan fingerprint density at radius 3 is 2.83 bits per heavy atom. The third-order valence-electron chi connectivity index (χ3n) is 4.14. The highest BCUT2D eigenvalue weighted by atomic mass is 16.5. The van der Waals surface area contributed by atoms with Gasteiger partial charge in [-0.15, -0.1) is 0 Å². The first-order valence-electron chi connectivity index (χ1n) is 7.57. The second-order valence-corrected chi connectivity index (χ2v) is 5.58. The van der Waals surface area contributed by atoms with Crippen molar-refractivity contribution in [3.8, 4) is 5.88 Å². The quantitative estimate of drug-likeness (QED) is 0.912. The zero-order valence-corrected chi connectivity index (χ0v) is 13.5. The van der Waals surface area contributed by atoms with Gasteiger partial charge in [0.2, 0.25) is 11.8 Å². The Kier molecular flexibility index (Phi) is 4.41. The fourth-order valence-corrected chi connectivity index (χ4v) is 2.98. The number of hydrogen-bond acceptors (Lipinski definition) is 5. The van der Waals surface area contributed by atoms with Crippen LogP contribution in [0.4, 0.5) is 0 Å². The molecule has 0 radical (unpaired) electrons. The Hall–Kier alpha value is -2.96. The summed E-state index contributed by atoms with van der Waals surface area (Å²) in [6.07, 6.45) is 5.18. The second kappa shape index (κ2) is 6.66. The molecule has 7 nitrogen and oxygen atoms in total. The van der Waals surface area contributed by atoms with Crippen LogP contribution in [0.3, 0.4) is 0 Å². The van der Waals surface area contributed by atoms with E-state index in [2.05, 4.69) is 15.3 Å². The highest BCUT2D eigenvalue weighted by molar-refractivity contribution is 5.97. The lowest BCUT2D eigenvalue weighted by molar-refractivity contribution is -0.127. The lowest BCUT2D eigenvalue weighted by Crippen LogP contribution is -2.39. The van der Waals surface area contributed by atoms with Gasteiger partial charge in [-0.05, 0) is 23.8 Å². The van der Waals surface area contributed by atoms with Gasteiger partial charge >= 0.3 is 0 Å². The predicted octanol–water partition coefficient (Wildman–Crippen LogP) is 1.19. The molecule has 0 unspecified atom stereocenters. The van der Waals surface area contributed by atoms with E-state index in [9.17, 15) is 9.59 Å². The molecule has 1 aliphatic heterocycles. The minimum atomic E-state index is -0.343. The van der Waals surface area contributed by atoms with Crippen molar-refractivity contribution in [2.24, 2.45) is 0 Å². The molecule has 2 aromatic rings. The molecule has 1 aliphatic rings. The molecule has 0 aromatic carbocycles. The fraction of sp³-hybridized carbons (Fsp3) is 0.294. The van der Waals surface area contributed by atoms with Gasteiger partial charge in [-0.3, -0.25) is 14.6 Å². The van der Waals surface area contributed by atoms with E-state index < -0.39 is 0 Å². The van der Waals surface area contributed by atoms with Crippen molar-refractivity contribution in [1.29, 1.82) is 0 Å². The molecule has 3 heterocycles. The number of pyridine rings is 2. The minimum Gasteiger partial charge on any atom is -0.480 e. The average Bonchev–Trinajstić information content (AvgIpc) is 2.89. The standard InChI is InChI=1S/C17H18N4O3/c1-21-14(22)9-13(15(21)11-5-3-7-18-10-11)20-16(23)12-6-4-8-19-17(12)24-2/h3-8,10,13,15H,9H2,1-2H3,(H,20,23)/t13-,15+/m1/s1. The summed E-state index contributed by atoms with van der Waals surface area (Å²) < 4.78 is 5.13. The van der Waals surface area contributed by atoms with Crippen LogP contribution in [0, 0.1) is 0 Å². The van der Waals surface area contributed by atoms with Gasteiger partial charge < -0.3 is 15.0 Å². The molecule has 24 heavy (non-hydrogen) atoms. The van der Waals surface area contributed by atoms with Gasteiger partial charge in [0.15, 0.2) is 0 Å². The summed E-state index contributed by atoms with van der Waals surface area (Å²) >= 11 is 0. The summed E-state index contributed by atoms with van der Waals surface area (Å²) in [5.74, 6) is -0.0835. The van der Waals surface area contributed by atoms with E-state index in [4.69, 9.17) is 4.74 Å². The van der Waals surface area contributed by atoms with E-state index in [0.717, 1.165) is 5.56 Å². The Labute approximate surface area is 139 Å². The highest BCUT2D eigenvalue weighted by Gasteiger charge is 2.39. The molecule has 124 valence electrons. The molecular formula is C17H18N4O3. The SMILES string of the molecule is COc1ncccc1C(=O)N[C@@H]1CC(=O)N(C)[C@H]1c1cccnc1. The van der Waals surface area contributed by atoms with Gasteiger partial charge in [0, 0.05) is 32.1 Å². The molecule has 2 aromatic heterocycles. The van der Waals surface area contributed by atoms with E-state index >= 15 is 0 Å². The number of carbonyl (C=O) groups is 2. The molecule has 0 spiro atoms. The smallest absolute Gasteiger partial charge is 0.257 e. The largest absolute Gasteiger partial charge is 0.480 e. The molecule has 1 N–H and O–H groups in total. The van der Waals surface area contributed by atoms with Crippen LogP contribution in [0.2, 0.25) is 0 Å². The van der Waals surface area contributed by atoms with Gasteiger partial charge in [0.25, 0.3) is 5.91 Å². The average molecular weight is 326 g/mol. The Balaban J connectivity index is 1.85. The number of nitrogens with one attached hydrogen (secondary N) is 1. The van der Waals surface area contributed by atoms with Gasteiger partial charge in [-0.25, -0.2) is 4.98 Å². The molecule has 2 amide bonds. The number of likely N-dealkylation sites (tertiary alicyclic amines) is 1. The number of hydrogen-bond donors (Lipinski definition) is 1. The number of amides is 2. The van der Waals surface area contributed by atoms with Crippen LogP contribution >= 0.6 is 0 Å². The molecule has 1 fully saturated rings. The number of nitrogens with zero attached hydrogens (tertiary/aromatic N) is 3. The summed E-state index contributed by atoms with van der Waals surface area (Å²) in [6.45, 7) is 0. The van der Waals surface area contributed by atoms with Crippen molar-refractivity contribution < 1.29 is 14.3 Å². The minimum absolute atomic E-state index is 0.0210. The lowest BCUT2D eigenvalue weighted by atomic mass is 10.0.